The van der Waals surface area contributed by atoms with Crippen LogP contribution in [0.25, 0.3) is 0 Å². The summed E-state index contributed by atoms with van der Waals surface area (Å²) in [4.78, 5) is 12.2. The Morgan fingerprint density at radius 1 is 1.47 bits per heavy atom. The highest BCUT2D eigenvalue weighted by Gasteiger charge is 2.11. The molecule has 2 aromatic rings. The molecule has 0 aliphatic rings. The Balaban J connectivity index is 2.12. The van der Waals surface area contributed by atoms with Gasteiger partial charge in [0.15, 0.2) is 0 Å². The van der Waals surface area contributed by atoms with E-state index in [1.807, 2.05) is 6.92 Å². The summed E-state index contributed by atoms with van der Waals surface area (Å²) in [5.41, 5.74) is 1.70. The van der Waals surface area contributed by atoms with Crippen LogP contribution in [0.2, 0.25) is 0 Å². The van der Waals surface area contributed by atoms with Gasteiger partial charge in [-0.15, -0.1) is 11.3 Å². The number of carboxylic acids is 1. The van der Waals surface area contributed by atoms with Crippen molar-refractivity contribution in [1.82, 2.24) is 0 Å². The van der Waals surface area contributed by atoms with Crippen molar-refractivity contribution in [3.63, 3.8) is 0 Å². The van der Waals surface area contributed by atoms with Crippen LogP contribution < -0.4 is 5.32 Å². The van der Waals surface area contributed by atoms with Crippen LogP contribution >= 0.6 is 27.3 Å². The van der Waals surface area contributed by atoms with Gasteiger partial charge in [0.05, 0.1) is 0 Å². The van der Waals surface area contributed by atoms with Gasteiger partial charge in [-0.25, -0.2) is 9.18 Å². The molecule has 0 aliphatic heterocycles. The van der Waals surface area contributed by atoms with Crippen molar-refractivity contribution in [3.05, 3.63) is 49.9 Å². The highest BCUT2D eigenvalue weighted by molar-refractivity contribution is 9.10. The summed E-state index contributed by atoms with van der Waals surface area (Å²) in [5.74, 6) is -1.22. The fourth-order valence-electron chi connectivity index (χ4n) is 1.62. The zero-order chi connectivity index (χ0) is 14.0. The summed E-state index contributed by atoms with van der Waals surface area (Å²) in [6.07, 6.45) is 0. The van der Waals surface area contributed by atoms with E-state index in [1.165, 1.54) is 23.5 Å². The number of carboxylic acid groups (broad SMARTS) is 1. The Bertz CT molecular complexity index is 627. The Hall–Kier alpha value is -1.40. The van der Waals surface area contributed by atoms with E-state index < -0.39 is 5.97 Å². The van der Waals surface area contributed by atoms with Crippen molar-refractivity contribution in [1.29, 1.82) is 0 Å². The standard InChI is InChI=1S/C13H11BrFNO2S/c1-7-8(4-12(19-7)13(17)18)6-16-11-3-2-9(15)5-10(11)14/h2-5,16H,6H2,1H3,(H,17,18). The molecule has 0 atom stereocenters. The summed E-state index contributed by atoms with van der Waals surface area (Å²) in [6, 6.07) is 6.05. The fourth-order valence-corrected chi connectivity index (χ4v) is 3.00. The minimum atomic E-state index is -0.915. The van der Waals surface area contributed by atoms with E-state index >= 15 is 0 Å². The average Bonchev–Trinajstić information content (AvgIpc) is 2.70. The highest BCUT2D eigenvalue weighted by atomic mass is 79.9. The number of thiophene rings is 1. The molecule has 3 nitrogen and oxygen atoms in total. The second-order valence-corrected chi connectivity index (χ2v) is 6.09. The number of nitrogens with one attached hydrogen (secondary N) is 1. The number of hydrogen-bond donors (Lipinski definition) is 2. The quantitative estimate of drug-likeness (QED) is 0.871. The SMILES string of the molecule is Cc1sc(C(=O)O)cc1CNc1ccc(F)cc1Br. The van der Waals surface area contributed by atoms with Gasteiger partial charge in [0, 0.05) is 21.6 Å². The average molecular weight is 344 g/mol. The molecule has 0 fully saturated rings. The Morgan fingerprint density at radius 2 is 2.21 bits per heavy atom. The van der Waals surface area contributed by atoms with Crippen LogP contribution in [0.1, 0.15) is 20.1 Å². The van der Waals surface area contributed by atoms with Crippen molar-refractivity contribution in [3.8, 4) is 0 Å². The molecule has 6 heteroatoms. The van der Waals surface area contributed by atoms with Crippen molar-refractivity contribution in [2.24, 2.45) is 0 Å². The number of anilines is 1. The van der Waals surface area contributed by atoms with Crippen LogP contribution in [0, 0.1) is 12.7 Å². The van der Waals surface area contributed by atoms with Gasteiger partial charge in [-0.05, 0) is 52.7 Å². The number of halogens is 2. The maximum atomic E-state index is 12.9. The monoisotopic (exact) mass is 343 g/mol. The van der Waals surface area contributed by atoms with Crippen molar-refractivity contribution < 1.29 is 14.3 Å². The van der Waals surface area contributed by atoms with E-state index in [4.69, 9.17) is 5.11 Å². The maximum Gasteiger partial charge on any atom is 0.345 e. The predicted octanol–water partition coefficient (Wildman–Crippen LogP) is 4.27. The number of carbonyl (C=O) groups is 1. The first-order valence-corrected chi connectivity index (χ1v) is 7.10. The van der Waals surface area contributed by atoms with Crippen LogP contribution in [0.3, 0.4) is 0 Å². The van der Waals surface area contributed by atoms with E-state index in [-0.39, 0.29) is 5.82 Å². The summed E-state index contributed by atoms with van der Waals surface area (Å²) >= 11 is 4.53. The first kappa shape index (κ1) is 14.0. The molecule has 2 N–H and O–H groups in total. The molecule has 2 rings (SSSR count). The molecule has 19 heavy (non-hydrogen) atoms. The predicted molar refractivity (Wildman–Crippen MR) is 77.4 cm³/mol. The molecule has 1 heterocycles. The summed E-state index contributed by atoms with van der Waals surface area (Å²) in [6.45, 7) is 2.38. The van der Waals surface area contributed by atoms with Gasteiger partial charge in [0.2, 0.25) is 0 Å². The van der Waals surface area contributed by atoms with Gasteiger partial charge < -0.3 is 10.4 Å². The smallest absolute Gasteiger partial charge is 0.345 e. The number of rotatable bonds is 4. The summed E-state index contributed by atoms with van der Waals surface area (Å²) < 4.78 is 13.6. The van der Waals surface area contributed by atoms with Crippen LogP contribution in [-0.2, 0) is 6.54 Å². The first-order valence-electron chi connectivity index (χ1n) is 5.49. The van der Waals surface area contributed by atoms with E-state index in [0.29, 0.717) is 15.9 Å². The molecule has 0 bridgehead atoms. The first-order chi connectivity index (χ1) is 8.97. The molecule has 0 spiro atoms. The van der Waals surface area contributed by atoms with Gasteiger partial charge in [-0.2, -0.15) is 0 Å². The lowest BCUT2D eigenvalue weighted by molar-refractivity contribution is 0.0702. The van der Waals surface area contributed by atoms with E-state index in [1.54, 1.807) is 12.1 Å². The third-order valence-electron chi connectivity index (χ3n) is 2.63. The second-order valence-electron chi connectivity index (χ2n) is 3.97. The van der Waals surface area contributed by atoms with Crippen molar-refractivity contribution >= 4 is 38.9 Å². The number of hydrogen-bond acceptors (Lipinski definition) is 3. The number of aromatic carboxylic acids is 1. The highest BCUT2D eigenvalue weighted by Crippen LogP contribution is 2.26. The lowest BCUT2D eigenvalue weighted by atomic mass is 10.2. The molecule has 1 aromatic heterocycles. The van der Waals surface area contributed by atoms with Gasteiger partial charge in [0.1, 0.15) is 10.7 Å². The largest absolute Gasteiger partial charge is 0.477 e. The second kappa shape index (κ2) is 5.71. The number of benzene rings is 1. The van der Waals surface area contributed by atoms with E-state index in [0.717, 1.165) is 16.1 Å². The molecule has 0 aliphatic carbocycles. The van der Waals surface area contributed by atoms with E-state index in [2.05, 4.69) is 21.2 Å². The number of aryl methyl sites for hydroxylation is 1. The minimum Gasteiger partial charge on any atom is -0.477 e. The molecule has 100 valence electrons. The Kier molecular flexibility index (Phi) is 4.21. The van der Waals surface area contributed by atoms with Crippen LogP contribution in [0.15, 0.2) is 28.7 Å². The fraction of sp³-hybridized carbons (Fsp3) is 0.154. The van der Waals surface area contributed by atoms with Gasteiger partial charge in [-0.3, -0.25) is 0 Å². The lowest BCUT2D eigenvalue weighted by Gasteiger charge is -2.08. The molecule has 0 saturated carbocycles. The molecule has 0 amide bonds. The summed E-state index contributed by atoms with van der Waals surface area (Å²) in [5, 5.41) is 12.1. The zero-order valence-electron chi connectivity index (χ0n) is 10.0. The minimum absolute atomic E-state index is 0.308. The Labute approximate surface area is 122 Å². The Morgan fingerprint density at radius 3 is 2.79 bits per heavy atom. The van der Waals surface area contributed by atoms with Crippen LogP contribution in [0.4, 0.5) is 10.1 Å². The molecule has 0 radical (unpaired) electrons. The maximum absolute atomic E-state index is 12.9. The van der Waals surface area contributed by atoms with E-state index in [9.17, 15) is 9.18 Å². The summed E-state index contributed by atoms with van der Waals surface area (Å²) in [7, 11) is 0. The van der Waals surface area contributed by atoms with Crippen LogP contribution in [0.5, 0.6) is 0 Å². The lowest BCUT2D eigenvalue weighted by Crippen LogP contribution is -2.00. The van der Waals surface area contributed by atoms with Gasteiger partial charge in [-0.1, -0.05) is 0 Å². The van der Waals surface area contributed by atoms with Crippen LogP contribution in [-0.4, -0.2) is 11.1 Å². The molecular formula is C13H11BrFNO2S. The zero-order valence-corrected chi connectivity index (χ0v) is 12.4. The van der Waals surface area contributed by atoms with Gasteiger partial charge >= 0.3 is 5.97 Å². The molecule has 0 unspecified atom stereocenters. The van der Waals surface area contributed by atoms with Gasteiger partial charge in [0.25, 0.3) is 0 Å². The topological polar surface area (TPSA) is 49.3 Å². The molecule has 0 saturated heterocycles. The third kappa shape index (κ3) is 3.33. The van der Waals surface area contributed by atoms with Crippen molar-refractivity contribution in [2.45, 2.75) is 13.5 Å². The normalized spacial score (nSPS) is 10.5. The third-order valence-corrected chi connectivity index (χ3v) is 4.37. The molecular weight excluding hydrogens is 333 g/mol. The van der Waals surface area contributed by atoms with Crippen molar-refractivity contribution in [2.75, 3.05) is 5.32 Å². The molecule has 1 aromatic carbocycles.